The molecule has 2 unspecified atom stereocenters. The molecular weight excluding hydrogens is 557 g/mol. The van der Waals surface area contributed by atoms with E-state index in [0.717, 1.165) is 55.0 Å². The van der Waals surface area contributed by atoms with E-state index >= 15 is 4.39 Å². The Hall–Kier alpha value is -3.15. The Kier molecular flexibility index (Phi) is 8.17. The minimum absolute atomic E-state index is 0.0803. The number of likely N-dealkylation sites (tertiary alicyclic amines) is 1. The summed E-state index contributed by atoms with van der Waals surface area (Å²) in [6.45, 7) is 7.13. The summed E-state index contributed by atoms with van der Waals surface area (Å²) < 4.78 is 20.5. The van der Waals surface area contributed by atoms with Gasteiger partial charge in [0, 0.05) is 37.4 Å². The summed E-state index contributed by atoms with van der Waals surface area (Å²) in [5, 5.41) is 13.4. The van der Waals surface area contributed by atoms with Crippen LogP contribution in [0.5, 0.6) is 0 Å². The number of halogens is 1. The molecule has 9 nitrogen and oxygen atoms in total. The predicted octanol–water partition coefficient (Wildman–Crippen LogP) is 4.82. The number of aryl methyl sites for hydroxylation is 1. The van der Waals surface area contributed by atoms with E-state index in [2.05, 4.69) is 15.2 Å². The molecule has 42 heavy (non-hydrogen) atoms. The molecule has 2 fully saturated rings. The van der Waals surface area contributed by atoms with Gasteiger partial charge in [-0.3, -0.25) is 9.69 Å². The first-order valence-electron chi connectivity index (χ1n) is 14.9. The van der Waals surface area contributed by atoms with Gasteiger partial charge in [-0.2, -0.15) is 0 Å². The van der Waals surface area contributed by atoms with Crippen molar-refractivity contribution in [2.24, 2.45) is 5.92 Å². The largest absolute Gasteiger partial charge is 0.447 e. The number of carbonyl (C=O) groups is 2. The number of anilines is 1. The van der Waals surface area contributed by atoms with Crippen LogP contribution in [-0.4, -0.2) is 76.5 Å². The normalized spacial score (nSPS) is 22.4. The van der Waals surface area contributed by atoms with Gasteiger partial charge in [0.1, 0.15) is 22.6 Å². The molecule has 2 amide bonds. The number of fused-ring (bicyclic) bond motifs is 2. The predicted molar refractivity (Wildman–Crippen MR) is 160 cm³/mol. The van der Waals surface area contributed by atoms with E-state index < -0.39 is 5.67 Å². The molecule has 2 aromatic heterocycles. The molecule has 2 aliphatic heterocycles. The first-order valence-corrected chi connectivity index (χ1v) is 15.7. The summed E-state index contributed by atoms with van der Waals surface area (Å²) >= 11 is 1.26. The molecule has 2 saturated heterocycles. The molecule has 0 bridgehead atoms. The highest BCUT2D eigenvalue weighted by Crippen LogP contribution is 2.38. The fourth-order valence-corrected chi connectivity index (χ4v) is 6.99. The van der Waals surface area contributed by atoms with Crippen LogP contribution in [0.15, 0.2) is 30.3 Å². The number of nitrogens with one attached hydrogen (secondary N) is 1. The molecule has 0 spiro atoms. The van der Waals surface area contributed by atoms with Crippen molar-refractivity contribution in [1.82, 2.24) is 20.2 Å². The summed E-state index contributed by atoms with van der Waals surface area (Å²) in [6.07, 6.45) is 2.94. The number of hydrogen-bond donors (Lipinski definition) is 2. The first kappa shape index (κ1) is 28.9. The van der Waals surface area contributed by atoms with Crippen molar-refractivity contribution in [2.45, 2.75) is 70.2 Å². The molecule has 2 atom stereocenters. The van der Waals surface area contributed by atoms with Crippen molar-refractivity contribution < 1.29 is 23.8 Å². The number of nitrogens with zero attached hydrogens (tertiary/aromatic N) is 4. The van der Waals surface area contributed by atoms with Gasteiger partial charge in [-0.05, 0) is 67.3 Å². The van der Waals surface area contributed by atoms with Gasteiger partial charge in [-0.1, -0.05) is 37.3 Å². The number of carbonyl (C=O) groups excluding carboxylic acids is 2. The molecule has 0 saturated carbocycles. The number of benzene rings is 1. The minimum Gasteiger partial charge on any atom is -0.447 e. The zero-order chi connectivity index (χ0) is 29.4. The lowest BCUT2D eigenvalue weighted by Crippen LogP contribution is -2.38. The highest BCUT2D eigenvalue weighted by atomic mass is 32.1. The van der Waals surface area contributed by atoms with Crippen LogP contribution in [0, 0.1) is 5.92 Å². The van der Waals surface area contributed by atoms with Crippen molar-refractivity contribution in [2.75, 3.05) is 37.7 Å². The number of aliphatic hydroxyl groups excluding tert-OH is 1. The van der Waals surface area contributed by atoms with Crippen LogP contribution in [0.25, 0.3) is 10.3 Å². The van der Waals surface area contributed by atoms with E-state index in [1.54, 1.807) is 4.90 Å². The Morgan fingerprint density at radius 2 is 1.98 bits per heavy atom. The molecule has 4 heterocycles. The fraction of sp³-hybridized carbons (Fsp3) is 0.548. The molecule has 1 aromatic carbocycles. The quantitative estimate of drug-likeness (QED) is 0.385. The van der Waals surface area contributed by atoms with Gasteiger partial charge < -0.3 is 20.1 Å². The van der Waals surface area contributed by atoms with Gasteiger partial charge in [-0.15, -0.1) is 0 Å². The van der Waals surface area contributed by atoms with E-state index in [9.17, 15) is 14.7 Å². The highest BCUT2D eigenvalue weighted by molar-refractivity contribution is 7.19. The molecule has 3 aliphatic rings. The van der Waals surface area contributed by atoms with Gasteiger partial charge in [0.15, 0.2) is 5.01 Å². The number of ether oxygens (including phenoxy) is 1. The van der Waals surface area contributed by atoms with Crippen LogP contribution in [0.3, 0.4) is 0 Å². The van der Waals surface area contributed by atoms with Crippen molar-refractivity contribution in [3.8, 4) is 0 Å². The van der Waals surface area contributed by atoms with Crippen molar-refractivity contribution in [3.63, 3.8) is 0 Å². The third kappa shape index (κ3) is 6.00. The summed E-state index contributed by atoms with van der Waals surface area (Å²) in [4.78, 5) is 39.6. The second-order valence-electron chi connectivity index (χ2n) is 12.0. The van der Waals surface area contributed by atoms with Crippen molar-refractivity contribution in [3.05, 3.63) is 52.2 Å². The standard InChI is InChI=1S/C31H38FN5O4S/c1-19(2)31(32)11-7-24-21(18-31)17-26-28(34-24)42-29(35-26)27(39)33-25(10-14-36-12-8-23(38)9-13-36)20-3-5-22(6-4-20)37-15-16-41-30(37)40/h3-6,17,19,23,25,38H,7-16,18H2,1-2H3,(H,33,39). The van der Waals surface area contributed by atoms with Crippen LogP contribution >= 0.6 is 11.3 Å². The van der Waals surface area contributed by atoms with Crippen molar-refractivity contribution in [1.29, 1.82) is 0 Å². The van der Waals surface area contributed by atoms with Gasteiger partial charge in [0.2, 0.25) is 0 Å². The number of alkyl halides is 1. The van der Waals surface area contributed by atoms with Crippen LogP contribution in [0.1, 0.15) is 72.2 Å². The molecule has 224 valence electrons. The number of rotatable bonds is 8. The van der Waals surface area contributed by atoms with Crippen LogP contribution < -0.4 is 10.2 Å². The molecule has 3 aromatic rings. The minimum atomic E-state index is -1.25. The highest BCUT2D eigenvalue weighted by Gasteiger charge is 2.38. The van der Waals surface area contributed by atoms with Crippen LogP contribution in [0.2, 0.25) is 0 Å². The zero-order valence-corrected chi connectivity index (χ0v) is 25.0. The lowest BCUT2D eigenvalue weighted by atomic mass is 9.77. The third-order valence-corrected chi connectivity index (χ3v) is 9.97. The number of hydrogen-bond acceptors (Lipinski definition) is 8. The first-order chi connectivity index (χ1) is 20.2. The zero-order valence-electron chi connectivity index (χ0n) is 24.1. The Labute approximate surface area is 249 Å². The molecular formula is C31H38FN5O4S. The monoisotopic (exact) mass is 595 g/mol. The lowest BCUT2D eigenvalue weighted by molar-refractivity contribution is 0.0795. The average Bonchev–Trinajstić information content (AvgIpc) is 3.60. The fourth-order valence-electron chi connectivity index (χ4n) is 6.14. The van der Waals surface area contributed by atoms with Crippen molar-refractivity contribution >= 4 is 39.4 Å². The van der Waals surface area contributed by atoms with E-state index in [1.165, 1.54) is 11.3 Å². The molecule has 6 rings (SSSR count). The number of thiazole rings is 1. The Balaban J connectivity index is 1.21. The lowest BCUT2D eigenvalue weighted by Gasteiger charge is -2.33. The number of piperidine rings is 1. The van der Waals surface area contributed by atoms with Gasteiger partial charge in [0.05, 0.1) is 18.7 Å². The summed E-state index contributed by atoms with van der Waals surface area (Å²) in [7, 11) is 0. The SMILES string of the molecule is CC(C)C1(F)CCc2nc3sc(C(=O)NC(CCN4CCC(O)CC4)c4ccc(N5CCOC5=O)cc4)nc3cc2C1. The average molecular weight is 596 g/mol. The van der Waals surface area contributed by atoms with Gasteiger partial charge in [0.25, 0.3) is 5.91 Å². The van der Waals surface area contributed by atoms with E-state index in [4.69, 9.17) is 9.72 Å². The maximum Gasteiger partial charge on any atom is 0.414 e. The molecule has 2 N–H and O–H groups in total. The van der Waals surface area contributed by atoms with E-state index in [0.29, 0.717) is 54.2 Å². The summed E-state index contributed by atoms with van der Waals surface area (Å²) in [5.74, 6) is -0.354. The molecule has 0 radical (unpaired) electrons. The summed E-state index contributed by atoms with van der Waals surface area (Å²) in [5.41, 5.74) is 2.85. The Morgan fingerprint density at radius 1 is 1.21 bits per heavy atom. The number of aliphatic hydroxyl groups is 1. The van der Waals surface area contributed by atoms with E-state index in [-0.39, 0.29) is 30.1 Å². The van der Waals surface area contributed by atoms with Gasteiger partial charge in [-0.25, -0.2) is 19.2 Å². The Bertz CT molecular complexity index is 1460. The number of aromatic nitrogens is 2. The molecule has 11 heteroatoms. The third-order valence-electron chi connectivity index (χ3n) is 9.01. The number of pyridine rings is 1. The van der Waals surface area contributed by atoms with Crippen LogP contribution in [-0.2, 0) is 17.6 Å². The van der Waals surface area contributed by atoms with E-state index in [1.807, 2.05) is 44.2 Å². The van der Waals surface area contributed by atoms with Gasteiger partial charge >= 0.3 is 6.09 Å². The van der Waals surface area contributed by atoms with Crippen LogP contribution in [0.4, 0.5) is 14.9 Å². The summed E-state index contributed by atoms with van der Waals surface area (Å²) in [6, 6.07) is 9.27. The second-order valence-corrected chi connectivity index (χ2v) is 13.0. The maximum atomic E-state index is 15.4. The topological polar surface area (TPSA) is 108 Å². The maximum absolute atomic E-state index is 15.4. The molecule has 1 aliphatic carbocycles. The number of cyclic esters (lactones) is 1. The smallest absolute Gasteiger partial charge is 0.414 e. The Morgan fingerprint density at radius 3 is 2.67 bits per heavy atom. The number of amides is 2. The second kappa shape index (κ2) is 11.9.